The fourth-order valence-electron chi connectivity index (χ4n) is 6.94. The van der Waals surface area contributed by atoms with Gasteiger partial charge in [-0.2, -0.15) is 0 Å². The van der Waals surface area contributed by atoms with Gasteiger partial charge in [-0.25, -0.2) is 15.0 Å². The molecule has 0 fully saturated rings. The topological polar surface area (TPSA) is 69.6 Å². The Morgan fingerprint density at radius 3 is 1.60 bits per heavy atom. The molecule has 0 aliphatic rings. The molecule has 10 rings (SSSR count). The lowest BCUT2D eigenvalue weighted by Gasteiger charge is -2.10. The smallest absolute Gasteiger partial charge is 0.164 e. The van der Waals surface area contributed by atoms with Crippen LogP contribution < -0.4 is 0 Å². The highest BCUT2D eigenvalue weighted by atomic mass is 16.3. The molecule has 6 nitrogen and oxygen atoms in total. The Morgan fingerprint density at radius 2 is 0.920 bits per heavy atom. The quantitative estimate of drug-likeness (QED) is 0.187. The lowest BCUT2D eigenvalue weighted by Crippen LogP contribution is -2.00. The first-order chi connectivity index (χ1) is 24.8. The highest BCUT2D eigenvalue weighted by Gasteiger charge is 2.16. The first kappa shape index (κ1) is 28.1. The molecule has 0 saturated heterocycles. The molecule has 0 bridgehead atoms. The molecule has 234 valence electrons. The van der Waals surface area contributed by atoms with Crippen LogP contribution in [0.3, 0.4) is 0 Å². The van der Waals surface area contributed by atoms with Crippen molar-refractivity contribution < 1.29 is 4.42 Å². The van der Waals surface area contributed by atoms with Crippen molar-refractivity contribution in [1.29, 1.82) is 0 Å². The number of benzene rings is 6. The fourth-order valence-corrected chi connectivity index (χ4v) is 6.94. The number of hydrogen-bond acceptors (Lipinski definition) is 5. The van der Waals surface area contributed by atoms with Crippen LogP contribution in [-0.4, -0.2) is 24.5 Å². The van der Waals surface area contributed by atoms with Crippen molar-refractivity contribution in [3.8, 4) is 51.0 Å². The average Bonchev–Trinajstić information content (AvgIpc) is 3.74. The molecule has 10 aromatic rings. The van der Waals surface area contributed by atoms with Crippen LogP contribution >= 0.6 is 0 Å². The summed E-state index contributed by atoms with van der Waals surface area (Å²) in [6.45, 7) is 0. The summed E-state index contributed by atoms with van der Waals surface area (Å²) in [6, 6.07) is 52.4. The Bertz CT molecular complexity index is 2800. The van der Waals surface area contributed by atoms with E-state index in [1.54, 1.807) is 12.4 Å². The third-order valence-corrected chi connectivity index (χ3v) is 9.38. The number of para-hydroxylation sites is 2. The molecule has 6 heteroatoms. The van der Waals surface area contributed by atoms with E-state index in [-0.39, 0.29) is 0 Å². The van der Waals surface area contributed by atoms with Gasteiger partial charge in [0, 0.05) is 50.1 Å². The van der Waals surface area contributed by atoms with E-state index < -0.39 is 0 Å². The van der Waals surface area contributed by atoms with Crippen molar-refractivity contribution in [3.63, 3.8) is 0 Å². The SMILES string of the molecule is c1ccc(-c2nc(-c3ccc(-c4ccc(-n5c6ccccc6c6ccccc65)cc4)cc3)nc(-c3ccc4c(c3)oc3cnccc34)n2)cc1. The normalized spacial score (nSPS) is 11.6. The second-order valence-electron chi connectivity index (χ2n) is 12.4. The first-order valence-electron chi connectivity index (χ1n) is 16.5. The second-order valence-corrected chi connectivity index (χ2v) is 12.4. The van der Waals surface area contributed by atoms with Crippen LogP contribution in [0.5, 0.6) is 0 Å². The third kappa shape index (κ3) is 4.65. The predicted octanol–water partition coefficient (Wildman–Crippen LogP) is 10.9. The van der Waals surface area contributed by atoms with Crippen molar-refractivity contribution in [2.45, 2.75) is 0 Å². The van der Waals surface area contributed by atoms with Gasteiger partial charge in [0.2, 0.25) is 0 Å². The summed E-state index contributed by atoms with van der Waals surface area (Å²) >= 11 is 0. The number of hydrogen-bond donors (Lipinski definition) is 0. The van der Waals surface area contributed by atoms with E-state index in [0.717, 1.165) is 55.4 Å². The summed E-state index contributed by atoms with van der Waals surface area (Å²) < 4.78 is 8.47. The Labute approximate surface area is 287 Å². The maximum absolute atomic E-state index is 6.13. The summed E-state index contributed by atoms with van der Waals surface area (Å²) in [5, 5.41) is 4.58. The van der Waals surface area contributed by atoms with Crippen LogP contribution in [0, 0.1) is 0 Å². The zero-order valence-electron chi connectivity index (χ0n) is 26.7. The van der Waals surface area contributed by atoms with Crippen molar-refractivity contribution in [1.82, 2.24) is 24.5 Å². The van der Waals surface area contributed by atoms with Crippen LogP contribution in [-0.2, 0) is 0 Å². The van der Waals surface area contributed by atoms with Gasteiger partial charge in [0.25, 0.3) is 0 Å². The molecule has 0 aliphatic heterocycles. The van der Waals surface area contributed by atoms with Crippen LogP contribution in [0.1, 0.15) is 0 Å². The fraction of sp³-hybridized carbons (Fsp3) is 0. The van der Waals surface area contributed by atoms with Crippen molar-refractivity contribution >= 4 is 43.7 Å². The first-order valence-corrected chi connectivity index (χ1v) is 16.5. The number of nitrogens with zero attached hydrogens (tertiary/aromatic N) is 5. The molecule has 0 saturated carbocycles. The summed E-state index contributed by atoms with van der Waals surface area (Å²) in [5.74, 6) is 1.80. The van der Waals surface area contributed by atoms with Gasteiger partial charge >= 0.3 is 0 Å². The maximum Gasteiger partial charge on any atom is 0.164 e. The Kier molecular flexibility index (Phi) is 6.39. The molecular formula is C44H27N5O. The van der Waals surface area contributed by atoms with E-state index >= 15 is 0 Å². The van der Waals surface area contributed by atoms with Gasteiger partial charge in [0.05, 0.1) is 17.2 Å². The van der Waals surface area contributed by atoms with E-state index in [9.17, 15) is 0 Å². The van der Waals surface area contributed by atoms with Gasteiger partial charge in [-0.15, -0.1) is 0 Å². The number of pyridine rings is 1. The monoisotopic (exact) mass is 641 g/mol. The van der Waals surface area contributed by atoms with Crippen LogP contribution in [0.15, 0.2) is 168 Å². The minimum absolute atomic E-state index is 0.582. The summed E-state index contributed by atoms with van der Waals surface area (Å²) in [5.41, 5.74) is 9.99. The molecule has 4 aromatic heterocycles. The van der Waals surface area contributed by atoms with E-state index in [1.165, 1.54) is 21.8 Å². The molecule has 0 N–H and O–H groups in total. The highest BCUT2D eigenvalue weighted by Crippen LogP contribution is 2.34. The van der Waals surface area contributed by atoms with Gasteiger partial charge in [0.15, 0.2) is 23.1 Å². The lowest BCUT2D eigenvalue weighted by atomic mass is 10.0. The molecular weight excluding hydrogens is 615 g/mol. The molecule has 0 unspecified atom stereocenters. The number of rotatable bonds is 5. The number of fused-ring (bicyclic) bond motifs is 6. The minimum atomic E-state index is 0.582. The highest BCUT2D eigenvalue weighted by molar-refractivity contribution is 6.09. The van der Waals surface area contributed by atoms with E-state index in [2.05, 4.69) is 113 Å². The second kappa shape index (κ2) is 11.4. The average molecular weight is 642 g/mol. The molecule has 6 aromatic carbocycles. The van der Waals surface area contributed by atoms with Gasteiger partial charge in [-0.1, -0.05) is 109 Å². The third-order valence-electron chi connectivity index (χ3n) is 9.38. The summed E-state index contributed by atoms with van der Waals surface area (Å²) in [7, 11) is 0. The summed E-state index contributed by atoms with van der Waals surface area (Å²) in [6.07, 6.45) is 3.52. The summed E-state index contributed by atoms with van der Waals surface area (Å²) in [4.78, 5) is 19.0. The zero-order chi connectivity index (χ0) is 33.0. The molecule has 50 heavy (non-hydrogen) atoms. The van der Waals surface area contributed by atoms with E-state index in [4.69, 9.17) is 19.4 Å². The maximum atomic E-state index is 6.13. The molecule has 0 amide bonds. The predicted molar refractivity (Wildman–Crippen MR) is 201 cm³/mol. The minimum Gasteiger partial charge on any atom is -0.454 e. The molecule has 0 radical (unpaired) electrons. The van der Waals surface area contributed by atoms with Crippen molar-refractivity contribution in [3.05, 3.63) is 164 Å². The Hall–Kier alpha value is -6.92. The standard InChI is InChI=1S/C44H27N5O/c1-2-8-30(9-3-1)42-46-43(48-44(47-42)32-20-23-36-37-24-25-45-27-41(37)50-40(36)26-32)31-16-14-28(15-17-31)29-18-21-33(22-19-29)49-38-12-6-4-10-34(38)35-11-5-7-13-39(35)49/h1-27H. The van der Waals surface area contributed by atoms with Crippen molar-refractivity contribution in [2.24, 2.45) is 0 Å². The molecule has 0 atom stereocenters. The van der Waals surface area contributed by atoms with E-state index in [1.807, 2.05) is 48.5 Å². The van der Waals surface area contributed by atoms with Crippen molar-refractivity contribution in [2.75, 3.05) is 0 Å². The van der Waals surface area contributed by atoms with Gasteiger partial charge in [0.1, 0.15) is 5.58 Å². The largest absolute Gasteiger partial charge is 0.454 e. The Balaban J connectivity index is 1.01. The zero-order valence-corrected chi connectivity index (χ0v) is 26.7. The van der Waals surface area contributed by atoms with Crippen LogP contribution in [0.25, 0.3) is 94.7 Å². The number of furan rings is 1. The molecule has 0 spiro atoms. The van der Waals surface area contributed by atoms with Crippen LogP contribution in [0.4, 0.5) is 0 Å². The van der Waals surface area contributed by atoms with Gasteiger partial charge < -0.3 is 8.98 Å². The lowest BCUT2D eigenvalue weighted by molar-refractivity contribution is 0.667. The molecule has 4 heterocycles. The van der Waals surface area contributed by atoms with Gasteiger partial charge in [-0.05, 0) is 53.6 Å². The Morgan fingerprint density at radius 1 is 0.400 bits per heavy atom. The van der Waals surface area contributed by atoms with Crippen LogP contribution in [0.2, 0.25) is 0 Å². The molecule has 0 aliphatic carbocycles. The number of aromatic nitrogens is 5. The van der Waals surface area contributed by atoms with Gasteiger partial charge in [-0.3, -0.25) is 4.98 Å². The van der Waals surface area contributed by atoms with E-state index in [0.29, 0.717) is 17.5 Å².